The maximum absolute atomic E-state index is 14.3. The van der Waals surface area contributed by atoms with Gasteiger partial charge in [-0.15, -0.1) is 0 Å². The van der Waals surface area contributed by atoms with Gasteiger partial charge in [0.1, 0.15) is 11.9 Å². The minimum Gasteiger partial charge on any atom is -0.490 e. The highest BCUT2D eigenvalue weighted by atomic mass is 32.2. The van der Waals surface area contributed by atoms with Gasteiger partial charge in [-0.25, -0.2) is 22.9 Å². The van der Waals surface area contributed by atoms with Crippen LogP contribution in [0.5, 0.6) is 5.75 Å². The molecule has 34 heavy (non-hydrogen) atoms. The number of nitrogens with two attached hydrogens (primary N) is 1. The molecule has 0 atom stereocenters. The number of nitrogens with zero attached hydrogens (tertiary/aromatic N) is 3. The van der Waals surface area contributed by atoms with E-state index in [9.17, 15) is 12.8 Å². The maximum Gasteiger partial charge on any atom is 0.238 e. The van der Waals surface area contributed by atoms with Crippen molar-refractivity contribution < 1.29 is 17.5 Å². The van der Waals surface area contributed by atoms with Gasteiger partial charge in [0.05, 0.1) is 11.1 Å². The molecule has 180 valence electrons. The number of primary sulfonamides is 1. The molecule has 0 bridgehead atoms. The molecule has 1 aliphatic rings. The number of hydrogen-bond acceptors (Lipinski definition) is 8. The normalized spacial score (nSPS) is 15.2. The van der Waals surface area contributed by atoms with E-state index in [0.29, 0.717) is 16.9 Å². The molecular weight excluding hydrogens is 459 g/mol. The van der Waals surface area contributed by atoms with Gasteiger partial charge in [0.2, 0.25) is 16.0 Å². The van der Waals surface area contributed by atoms with Gasteiger partial charge in [-0.05, 0) is 68.8 Å². The topological polar surface area (TPSA) is 122 Å². The first-order valence-corrected chi connectivity index (χ1v) is 12.4. The van der Waals surface area contributed by atoms with Crippen molar-refractivity contribution in [3.05, 3.63) is 60.0 Å². The van der Waals surface area contributed by atoms with Crippen LogP contribution in [0.1, 0.15) is 18.4 Å². The summed E-state index contributed by atoms with van der Waals surface area (Å²) in [6.07, 6.45) is 3.19. The molecule has 1 fully saturated rings. The Morgan fingerprint density at radius 3 is 2.44 bits per heavy atom. The van der Waals surface area contributed by atoms with Crippen molar-refractivity contribution in [1.29, 1.82) is 0 Å². The first-order valence-electron chi connectivity index (χ1n) is 10.8. The lowest BCUT2D eigenvalue weighted by atomic mass is 10.1. The molecule has 2 aromatic carbocycles. The van der Waals surface area contributed by atoms with Crippen LogP contribution in [0.25, 0.3) is 0 Å². The van der Waals surface area contributed by atoms with Crippen LogP contribution in [0.3, 0.4) is 0 Å². The zero-order chi connectivity index (χ0) is 24.3. The Kier molecular flexibility index (Phi) is 6.96. The summed E-state index contributed by atoms with van der Waals surface area (Å²) in [6.45, 7) is 3.67. The largest absolute Gasteiger partial charge is 0.490 e. The van der Waals surface area contributed by atoms with Gasteiger partial charge in [0, 0.05) is 24.5 Å². The van der Waals surface area contributed by atoms with E-state index in [0.717, 1.165) is 37.9 Å². The number of piperidine rings is 1. The van der Waals surface area contributed by atoms with E-state index in [2.05, 4.69) is 32.5 Å². The Labute approximate surface area is 198 Å². The number of nitrogens with one attached hydrogen (secondary N) is 2. The predicted molar refractivity (Wildman–Crippen MR) is 129 cm³/mol. The summed E-state index contributed by atoms with van der Waals surface area (Å²) in [7, 11) is -1.78. The second-order valence-corrected chi connectivity index (χ2v) is 9.84. The second kappa shape index (κ2) is 9.92. The Hall–Kier alpha value is -3.28. The van der Waals surface area contributed by atoms with Gasteiger partial charge in [-0.2, -0.15) is 4.98 Å². The standard InChI is InChI=1S/C23H27FN6O3S/c1-15-3-4-17(13-21(15)34(25,31)32)28-23-26-14-20(24)22(29-23)27-16-5-7-18(8-6-16)33-19-9-11-30(2)12-10-19/h3-8,13-14,19H,9-12H2,1-2H3,(H2,25,31,32)(H2,26,27,28,29). The predicted octanol–water partition coefficient (Wildman–Crippen LogP) is 3.53. The van der Waals surface area contributed by atoms with Gasteiger partial charge in [0.25, 0.3) is 0 Å². The molecule has 1 saturated heterocycles. The number of sulfonamides is 1. The van der Waals surface area contributed by atoms with Crippen LogP contribution in [0.4, 0.5) is 27.5 Å². The summed E-state index contributed by atoms with van der Waals surface area (Å²) in [5.74, 6) is 0.192. The van der Waals surface area contributed by atoms with Gasteiger partial charge >= 0.3 is 0 Å². The highest BCUT2D eigenvalue weighted by Gasteiger charge is 2.18. The fourth-order valence-corrected chi connectivity index (χ4v) is 4.49. The van der Waals surface area contributed by atoms with Crippen molar-refractivity contribution >= 4 is 33.2 Å². The number of rotatable bonds is 7. The Morgan fingerprint density at radius 1 is 1.09 bits per heavy atom. The molecule has 0 unspecified atom stereocenters. The third kappa shape index (κ3) is 5.99. The van der Waals surface area contributed by atoms with Crippen LogP contribution < -0.4 is 20.5 Å². The first kappa shape index (κ1) is 23.9. The van der Waals surface area contributed by atoms with Gasteiger partial charge in [-0.1, -0.05) is 6.07 Å². The number of halogens is 1. The third-order valence-corrected chi connectivity index (χ3v) is 6.63. The van der Waals surface area contributed by atoms with E-state index >= 15 is 0 Å². The molecular formula is C23H27FN6O3S. The SMILES string of the molecule is Cc1ccc(Nc2ncc(F)c(Nc3ccc(OC4CCN(C)CC4)cc3)n2)cc1S(N)(=O)=O. The summed E-state index contributed by atoms with van der Waals surface area (Å²) >= 11 is 0. The summed E-state index contributed by atoms with van der Waals surface area (Å²) in [4.78, 5) is 10.4. The molecule has 3 aromatic rings. The van der Waals surface area contributed by atoms with E-state index in [1.165, 1.54) is 6.07 Å². The third-order valence-electron chi connectivity index (χ3n) is 5.58. The first-order chi connectivity index (χ1) is 16.2. The minimum atomic E-state index is -3.89. The molecule has 4 rings (SSSR count). The van der Waals surface area contributed by atoms with Crippen LogP contribution in [0, 0.1) is 12.7 Å². The molecule has 11 heteroatoms. The van der Waals surface area contributed by atoms with E-state index < -0.39 is 15.8 Å². The molecule has 2 heterocycles. The minimum absolute atomic E-state index is 0.0134. The van der Waals surface area contributed by atoms with Gasteiger partial charge in [-0.3, -0.25) is 0 Å². The van der Waals surface area contributed by atoms with Crippen molar-refractivity contribution in [3.8, 4) is 5.75 Å². The average molecular weight is 487 g/mol. The Balaban J connectivity index is 1.44. The van der Waals surface area contributed by atoms with Crippen molar-refractivity contribution in [1.82, 2.24) is 14.9 Å². The lowest BCUT2D eigenvalue weighted by molar-refractivity contribution is 0.114. The van der Waals surface area contributed by atoms with Crippen molar-refractivity contribution in [2.45, 2.75) is 30.8 Å². The molecule has 0 saturated carbocycles. The number of aryl methyl sites for hydroxylation is 1. The van der Waals surface area contributed by atoms with Crippen molar-refractivity contribution in [3.63, 3.8) is 0 Å². The molecule has 9 nitrogen and oxygen atoms in total. The monoisotopic (exact) mass is 486 g/mol. The van der Waals surface area contributed by atoms with E-state index in [1.807, 2.05) is 12.1 Å². The molecule has 0 radical (unpaired) electrons. The summed E-state index contributed by atoms with van der Waals surface area (Å²) in [6, 6.07) is 11.9. The van der Waals surface area contributed by atoms with Crippen molar-refractivity contribution in [2.75, 3.05) is 30.8 Å². The second-order valence-electron chi connectivity index (χ2n) is 8.31. The molecule has 1 aliphatic heterocycles. The van der Waals surface area contributed by atoms with Crippen LogP contribution in [-0.4, -0.2) is 49.5 Å². The zero-order valence-electron chi connectivity index (χ0n) is 19.0. The van der Waals surface area contributed by atoms with Gasteiger partial charge in [0.15, 0.2) is 11.6 Å². The average Bonchev–Trinajstić information content (AvgIpc) is 2.79. The number of benzene rings is 2. The van der Waals surface area contributed by atoms with E-state index in [4.69, 9.17) is 9.88 Å². The van der Waals surface area contributed by atoms with Crippen LogP contribution in [0.2, 0.25) is 0 Å². The number of aromatic nitrogens is 2. The highest BCUT2D eigenvalue weighted by molar-refractivity contribution is 7.89. The van der Waals surface area contributed by atoms with E-state index in [-0.39, 0.29) is 22.8 Å². The van der Waals surface area contributed by atoms with E-state index in [1.54, 1.807) is 31.2 Å². The molecule has 0 amide bonds. The van der Waals surface area contributed by atoms with Gasteiger partial charge < -0.3 is 20.3 Å². The van der Waals surface area contributed by atoms with Crippen LogP contribution in [-0.2, 0) is 10.0 Å². The molecule has 4 N–H and O–H groups in total. The molecule has 0 spiro atoms. The Bertz CT molecular complexity index is 1260. The Morgan fingerprint density at radius 2 is 1.76 bits per heavy atom. The van der Waals surface area contributed by atoms with Crippen molar-refractivity contribution in [2.24, 2.45) is 5.14 Å². The number of ether oxygens (including phenoxy) is 1. The highest BCUT2D eigenvalue weighted by Crippen LogP contribution is 2.25. The smallest absolute Gasteiger partial charge is 0.238 e. The lowest BCUT2D eigenvalue weighted by Crippen LogP contribution is -2.35. The lowest BCUT2D eigenvalue weighted by Gasteiger charge is -2.29. The fraction of sp³-hybridized carbons (Fsp3) is 0.304. The zero-order valence-corrected chi connectivity index (χ0v) is 19.8. The molecule has 0 aliphatic carbocycles. The van der Waals surface area contributed by atoms with Crippen LogP contribution >= 0.6 is 0 Å². The summed E-state index contributed by atoms with van der Waals surface area (Å²) < 4.78 is 43.9. The summed E-state index contributed by atoms with van der Waals surface area (Å²) in [5, 5.41) is 11.1. The summed E-state index contributed by atoms with van der Waals surface area (Å²) in [5.41, 5.74) is 1.55. The quantitative estimate of drug-likeness (QED) is 0.464. The number of anilines is 4. The number of hydrogen-bond donors (Lipinski definition) is 3. The maximum atomic E-state index is 14.3. The number of likely N-dealkylation sites (tertiary alicyclic amines) is 1. The molecule has 1 aromatic heterocycles. The van der Waals surface area contributed by atoms with Crippen LogP contribution in [0.15, 0.2) is 53.6 Å². The fourth-order valence-electron chi connectivity index (χ4n) is 3.68.